The fourth-order valence-corrected chi connectivity index (χ4v) is 3.54. The van der Waals surface area contributed by atoms with Crippen molar-refractivity contribution in [3.8, 4) is 6.07 Å². The SMILES string of the molecule is N#Cc1cccc2c1CCc1nccc(NCc3ccccc3)c1C2. The molecule has 0 unspecified atom stereocenters. The highest BCUT2D eigenvalue weighted by Crippen LogP contribution is 2.30. The summed E-state index contributed by atoms with van der Waals surface area (Å²) in [5.74, 6) is 0. The van der Waals surface area contributed by atoms with Crippen LogP contribution in [-0.2, 0) is 25.8 Å². The molecule has 0 spiro atoms. The number of nitrogens with zero attached hydrogens (tertiary/aromatic N) is 2. The molecule has 0 bridgehead atoms. The Kier molecular flexibility index (Phi) is 4.18. The third kappa shape index (κ3) is 3.12. The summed E-state index contributed by atoms with van der Waals surface area (Å²) in [7, 11) is 0. The van der Waals surface area contributed by atoms with E-state index < -0.39 is 0 Å². The summed E-state index contributed by atoms with van der Waals surface area (Å²) < 4.78 is 0. The van der Waals surface area contributed by atoms with Crippen LogP contribution in [0.25, 0.3) is 0 Å². The standard InChI is InChI=1S/C22H19N3/c23-14-18-8-4-7-17-13-20-21(10-9-19(17)18)24-12-11-22(20)25-15-16-5-2-1-3-6-16/h1-8,11-12H,9-10,13,15H2,(H,24,25). The number of aromatic nitrogens is 1. The molecule has 0 saturated heterocycles. The van der Waals surface area contributed by atoms with Gasteiger partial charge in [-0.2, -0.15) is 5.26 Å². The van der Waals surface area contributed by atoms with Crippen molar-refractivity contribution in [1.82, 2.24) is 4.98 Å². The molecular weight excluding hydrogens is 306 g/mol. The number of nitriles is 1. The predicted octanol–water partition coefficient (Wildman–Crippen LogP) is 4.25. The average molecular weight is 325 g/mol. The van der Waals surface area contributed by atoms with Gasteiger partial charge in [-0.25, -0.2) is 0 Å². The fraction of sp³-hybridized carbons (Fsp3) is 0.182. The molecule has 3 aromatic rings. The maximum absolute atomic E-state index is 9.39. The highest BCUT2D eigenvalue weighted by Gasteiger charge is 2.19. The highest BCUT2D eigenvalue weighted by atomic mass is 14.9. The van der Waals surface area contributed by atoms with Gasteiger partial charge in [-0.15, -0.1) is 0 Å². The number of aryl methyl sites for hydroxylation is 1. The summed E-state index contributed by atoms with van der Waals surface area (Å²) in [5.41, 5.74) is 8.01. The van der Waals surface area contributed by atoms with Crippen molar-refractivity contribution in [1.29, 1.82) is 5.26 Å². The Bertz CT molecular complexity index is 939. The second kappa shape index (κ2) is 6.78. The fourth-order valence-electron chi connectivity index (χ4n) is 3.54. The predicted molar refractivity (Wildman–Crippen MR) is 99.4 cm³/mol. The van der Waals surface area contributed by atoms with E-state index in [4.69, 9.17) is 0 Å². The first-order chi connectivity index (χ1) is 12.3. The summed E-state index contributed by atoms with van der Waals surface area (Å²) in [6.45, 7) is 0.794. The molecule has 1 N–H and O–H groups in total. The van der Waals surface area contributed by atoms with Crippen molar-refractivity contribution in [3.63, 3.8) is 0 Å². The Labute approximate surface area is 148 Å². The molecule has 3 heteroatoms. The Morgan fingerprint density at radius 2 is 1.84 bits per heavy atom. The van der Waals surface area contributed by atoms with Crippen LogP contribution in [0.4, 0.5) is 5.69 Å². The van der Waals surface area contributed by atoms with Crippen molar-refractivity contribution in [3.05, 3.63) is 94.3 Å². The van der Waals surface area contributed by atoms with Crippen LogP contribution < -0.4 is 5.32 Å². The van der Waals surface area contributed by atoms with E-state index in [1.165, 1.54) is 22.3 Å². The van der Waals surface area contributed by atoms with E-state index in [0.29, 0.717) is 0 Å². The number of rotatable bonds is 3. The van der Waals surface area contributed by atoms with Gasteiger partial charge in [0.05, 0.1) is 11.6 Å². The normalized spacial score (nSPS) is 12.4. The molecule has 0 saturated carbocycles. The first-order valence-corrected chi connectivity index (χ1v) is 8.60. The summed E-state index contributed by atoms with van der Waals surface area (Å²) in [6.07, 6.45) is 4.46. The van der Waals surface area contributed by atoms with Crippen molar-refractivity contribution >= 4 is 5.69 Å². The summed E-state index contributed by atoms with van der Waals surface area (Å²) in [6, 6.07) is 20.8. The van der Waals surface area contributed by atoms with Gasteiger partial charge >= 0.3 is 0 Å². The number of anilines is 1. The van der Waals surface area contributed by atoms with E-state index in [-0.39, 0.29) is 0 Å². The van der Waals surface area contributed by atoms with Crippen LogP contribution in [0.2, 0.25) is 0 Å². The van der Waals surface area contributed by atoms with Gasteiger partial charge in [-0.3, -0.25) is 4.98 Å². The highest BCUT2D eigenvalue weighted by molar-refractivity contribution is 5.57. The lowest BCUT2D eigenvalue weighted by atomic mass is 9.96. The van der Waals surface area contributed by atoms with Crippen LogP contribution in [0.5, 0.6) is 0 Å². The Hall–Kier alpha value is -3.12. The van der Waals surface area contributed by atoms with E-state index in [9.17, 15) is 5.26 Å². The lowest BCUT2D eigenvalue weighted by molar-refractivity contribution is 0.912. The van der Waals surface area contributed by atoms with Gasteiger partial charge in [-0.1, -0.05) is 42.5 Å². The molecule has 0 atom stereocenters. The van der Waals surface area contributed by atoms with Gasteiger partial charge in [0, 0.05) is 36.1 Å². The maximum atomic E-state index is 9.39. The van der Waals surface area contributed by atoms with Crippen LogP contribution in [0.1, 0.15) is 33.5 Å². The molecule has 3 nitrogen and oxygen atoms in total. The second-order valence-corrected chi connectivity index (χ2v) is 6.35. The number of benzene rings is 2. The maximum Gasteiger partial charge on any atom is 0.0994 e. The van der Waals surface area contributed by atoms with Crippen LogP contribution >= 0.6 is 0 Å². The first-order valence-electron chi connectivity index (χ1n) is 8.60. The lowest BCUT2D eigenvalue weighted by Crippen LogP contribution is -2.06. The minimum Gasteiger partial charge on any atom is -0.381 e. The third-order valence-electron chi connectivity index (χ3n) is 4.84. The van der Waals surface area contributed by atoms with Crippen molar-refractivity contribution < 1.29 is 0 Å². The van der Waals surface area contributed by atoms with Crippen LogP contribution in [0.15, 0.2) is 60.8 Å². The molecule has 1 heterocycles. The molecule has 2 aromatic carbocycles. The molecule has 0 aliphatic heterocycles. The molecular formula is C22H19N3. The van der Waals surface area contributed by atoms with E-state index in [1.54, 1.807) is 0 Å². The van der Waals surface area contributed by atoms with Crippen molar-refractivity contribution in [2.75, 3.05) is 5.32 Å². The summed E-state index contributed by atoms with van der Waals surface area (Å²) in [4.78, 5) is 4.61. The molecule has 0 radical (unpaired) electrons. The molecule has 0 amide bonds. The summed E-state index contributed by atoms with van der Waals surface area (Å²) in [5, 5.41) is 13.0. The number of fused-ring (bicyclic) bond motifs is 2. The van der Waals surface area contributed by atoms with E-state index in [1.807, 2.05) is 24.4 Å². The molecule has 122 valence electrons. The molecule has 1 aromatic heterocycles. The molecule has 1 aliphatic carbocycles. The zero-order valence-electron chi connectivity index (χ0n) is 14.0. The number of hydrogen-bond donors (Lipinski definition) is 1. The van der Waals surface area contributed by atoms with Gasteiger partial charge in [-0.05, 0) is 41.7 Å². The van der Waals surface area contributed by atoms with Crippen LogP contribution in [-0.4, -0.2) is 4.98 Å². The van der Waals surface area contributed by atoms with E-state index >= 15 is 0 Å². The largest absolute Gasteiger partial charge is 0.381 e. The molecule has 1 aliphatic rings. The second-order valence-electron chi connectivity index (χ2n) is 6.35. The topological polar surface area (TPSA) is 48.7 Å². The molecule has 4 rings (SSSR count). The monoisotopic (exact) mass is 325 g/mol. The quantitative estimate of drug-likeness (QED) is 0.783. The molecule has 25 heavy (non-hydrogen) atoms. The Morgan fingerprint density at radius 1 is 0.960 bits per heavy atom. The number of nitrogens with one attached hydrogen (secondary N) is 1. The smallest absolute Gasteiger partial charge is 0.0994 e. The van der Waals surface area contributed by atoms with Gasteiger partial charge in [0.15, 0.2) is 0 Å². The lowest BCUT2D eigenvalue weighted by Gasteiger charge is -2.14. The number of hydrogen-bond acceptors (Lipinski definition) is 3. The van der Waals surface area contributed by atoms with E-state index in [0.717, 1.165) is 42.8 Å². The van der Waals surface area contributed by atoms with Crippen molar-refractivity contribution in [2.24, 2.45) is 0 Å². The van der Waals surface area contributed by atoms with Crippen LogP contribution in [0, 0.1) is 11.3 Å². The van der Waals surface area contributed by atoms with Crippen molar-refractivity contribution in [2.45, 2.75) is 25.8 Å². The zero-order chi connectivity index (χ0) is 17.1. The third-order valence-corrected chi connectivity index (χ3v) is 4.84. The van der Waals surface area contributed by atoms with E-state index in [2.05, 4.69) is 52.8 Å². The van der Waals surface area contributed by atoms with Gasteiger partial charge < -0.3 is 5.32 Å². The summed E-state index contributed by atoms with van der Waals surface area (Å²) >= 11 is 0. The Morgan fingerprint density at radius 3 is 2.68 bits per heavy atom. The zero-order valence-corrected chi connectivity index (χ0v) is 14.0. The van der Waals surface area contributed by atoms with Gasteiger partial charge in [0.25, 0.3) is 0 Å². The minimum absolute atomic E-state index is 0.794. The minimum atomic E-state index is 0.794. The Balaban J connectivity index is 1.66. The van der Waals surface area contributed by atoms with Gasteiger partial charge in [0.1, 0.15) is 0 Å². The van der Waals surface area contributed by atoms with Gasteiger partial charge in [0.2, 0.25) is 0 Å². The first kappa shape index (κ1) is 15.4. The number of pyridine rings is 1. The molecule has 0 fully saturated rings. The van der Waals surface area contributed by atoms with Crippen LogP contribution in [0.3, 0.4) is 0 Å². The average Bonchev–Trinajstić information content (AvgIpc) is 2.86.